The Morgan fingerprint density at radius 3 is 2.44 bits per heavy atom. The molecule has 0 aliphatic heterocycles. The minimum atomic E-state index is -1.22. The Labute approximate surface area is 102 Å². The molecule has 100 valence electrons. The highest BCUT2D eigenvalue weighted by Gasteiger charge is 2.11. The van der Waals surface area contributed by atoms with Crippen LogP contribution in [0, 0.1) is 17.5 Å². The summed E-state index contributed by atoms with van der Waals surface area (Å²) < 4.78 is 38.8. The molecule has 0 heterocycles. The van der Waals surface area contributed by atoms with Crippen molar-refractivity contribution in [3.8, 4) is 0 Å². The van der Waals surface area contributed by atoms with E-state index >= 15 is 0 Å². The maximum atomic E-state index is 13.2. The highest BCUT2D eigenvalue weighted by molar-refractivity contribution is 5.67. The summed E-state index contributed by atoms with van der Waals surface area (Å²) in [5.74, 6) is -4.12. The van der Waals surface area contributed by atoms with Crippen LogP contribution < -0.4 is 5.73 Å². The van der Waals surface area contributed by atoms with E-state index in [0.29, 0.717) is 18.9 Å². The van der Waals surface area contributed by atoms with Crippen molar-refractivity contribution in [2.45, 2.75) is 31.7 Å². The Bertz CT molecular complexity index is 438. The summed E-state index contributed by atoms with van der Waals surface area (Å²) in [4.78, 5) is 10.3. The van der Waals surface area contributed by atoms with E-state index in [1.807, 2.05) is 0 Å². The molecular formula is C12H14F3NO2. The molecule has 0 spiro atoms. The van der Waals surface area contributed by atoms with Crippen molar-refractivity contribution < 1.29 is 23.1 Å². The maximum Gasteiger partial charge on any atom is 0.304 e. The second kappa shape index (κ2) is 6.39. The molecule has 1 atom stereocenters. The van der Waals surface area contributed by atoms with Crippen molar-refractivity contribution >= 4 is 5.97 Å². The molecule has 3 nitrogen and oxygen atoms in total. The number of benzene rings is 1. The Kier molecular flexibility index (Phi) is 5.15. The monoisotopic (exact) mass is 261 g/mol. The van der Waals surface area contributed by atoms with Gasteiger partial charge >= 0.3 is 5.97 Å². The number of carboxylic acid groups (broad SMARTS) is 1. The Morgan fingerprint density at radius 2 is 1.83 bits per heavy atom. The first-order valence-electron chi connectivity index (χ1n) is 5.51. The van der Waals surface area contributed by atoms with Gasteiger partial charge in [0.2, 0.25) is 0 Å². The first-order chi connectivity index (χ1) is 8.40. The van der Waals surface area contributed by atoms with E-state index in [2.05, 4.69) is 0 Å². The molecule has 0 fully saturated rings. The molecule has 0 amide bonds. The largest absolute Gasteiger partial charge is 0.481 e. The van der Waals surface area contributed by atoms with Gasteiger partial charge < -0.3 is 10.8 Å². The van der Waals surface area contributed by atoms with Crippen LogP contribution in [0.1, 0.15) is 24.8 Å². The van der Waals surface area contributed by atoms with Crippen molar-refractivity contribution in [3.63, 3.8) is 0 Å². The van der Waals surface area contributed by atoms with Crippen molar-refractivity contribution in [1.29, 1.82) is 0 Å². The first kappa shape index (κ1) is 14.5. The molecule has 0 unspecified atom stereocenters. The summed E-state index contributed by atoms with van der Waals surface area (Å²) in [5.41, 5.74) is 5.59. The topological polar surface area (TPSA) is 63.3 Å². The average molecular weight is 261 g/mol. The third-order valence-electron chi connectivity index (χ3n) is 2.55. The van der Waals surface area contributed by atoms with E-state index in [9.17, 15) is 18.0 Å². The predicted molar refractivity (Wildman–Crippen MR) is 59.5 cm³/mol. The molecule has 1 aromatic rings. The van der Waals surface area contributed by atoms with Crippen LogP contribution in [0.15, 0.2) is 12.1 Å². The lowest BCUT2D eigenvalue weighted by atomic mass is 10.0. The fourth-order valence-corrected chi connectivity index (χ4v) is 1.64. The zero-order valence-corrected chi connectivity index (χ0v) is 9.63. The number of aliphatic carboxylic acids is 1. The van der Waals surface area contributed by atoms with Crippen molar-refractivity contribution in [3.05, 3.63) is 35.1 Å². The predicted octanol–water partition coefficient (Wildman–Crippen LogP) is 2.23. The fraction of sp³-hybridized carbons (Fsp3) is 0.417. The molecule has 0 radical (unpaired) electrons. The molecule has 0 aromatic heterocycles. The van der Waals surface area contributed by atoms with Crippen LogP contribution in [0.3, 0.4) is 0 Å². The van der Waals surface area contributed by atoms with Crippen LogP contribution in [0.2, 0.25) is 0 Å². The highest BCUT2D eigenvalue weighted by Crippen LogP contribution is 2.16. The van der Waals surface area contributed by atoms with Crippen molar-refractivity contribution in [1.82, 2.24) is 0 Å². The fourth-order valence-electron chi connectivity index (χ4n) is 1.64. The second-order valence-electron chi connectivity index (χ2n) is 4.11. The van der Waals surface area contributed by atoms with Gasteiger partial charge in [0, 0.05) is 12.1 Å². The number of carbonyl (C=O) groups is 1. The summed E-state index contributed by atoms with van der Waals surface area (Å²) in [6.07, 6.45) is 0.817. The van der Waals surface area contributed by atoms with Gasteiger partial charge in [0.15, 0.2) is 11.6 Å². The number of aryl methyl sites for hydroxylation is 1. The van der Waals surface area contributed by atoms with Gasteiger partial charge in [0.05, 0.1) is 6.42 Å². The molecule has 0 aliphatic carbocycles. The van der Waals surface area contributed by atoms with E-state index in [1.165, 1.54) is 0 Å². The third kappa shape index (κ3) is 4.37. The normalized spacial score (nSPS) is 12.4. The smallest absolute Gasteiger partial charge is 0.304 e. The van der Waals surface area contributed by atoms with Crippen LogP contribution in [0.5, 0.6) is 0 Å². The molecule has 0 saturated heterocycles. The van der Waals surface area contributed by atoms with E-state index in [-0.39, 0.29) is 18.4 Å². The van der Waals surface area contributed by atoms with Crippen LogP contribution in [0.4, 0.5) is 13.2 Å². The SMILES string of the molecule is N[C@H](CCCc1cc(F)c(F)cc1F)CC(=O)O. The molecular weight excluding hydrogens is 247 g/mol. The molecule has 6 heteroatoms. The van der Waals surface area contributed by atoms with Gasteiger partial charge in [-0.2, -0.15) is 0 Å². The summed E-state index contributed by atoms with van der Waals surface area (Å²) in [5, 5.41) is 8.48. The number of hydrogen-bond acceptors (Lipinski definition) is 2. The van der Waals surface area contributed by atoms with Crippen LogP contribution in [-0.2, 0) is 11.2 Å². The number of carboxylic acids is 1. The van der Waals surface area contributed by atoms with E-state index in [4.69, 9.17) is 10.8 Å². The van der Waals surface area contributed by atoms with Crippen molar-refractivity contribution in [2.24, 2.45) is 5.73 Å². The number of nitrogens with two attached hydrogens (primary N) is 1. The second-order valence-corrected chi connectivity index (χ2v) is 4.11. The lowest BCUT2D eigenvalue weighted by Crippen LogP contribution is -2.23. The lowest BCUT2D eigenvalue weighted by molar-refractivity contribution is -0.137. The summed E-state index contributed by atoms with van der Waals surface area (Å²) in [7, 11) is 0. The zero-order valence-electron chi connectivity index (χ0n) is 9.63. The Morgan fingerprint density at radius 1 is 1.22 bits per heavy atom. The van der Waals surface area contributed by atoms with Crippen LogP contribution >= 0.6 is 0 Å². The van der Waals surface area contributed by atoms with E-state index < -0.39 is 29.5 Å². The Hall–Kier alpha value is -1.56. The minimum Gasteiger partial charge on any atom is -0.481 e. The number of rotatable bonds is 6. The lowest BCUT2D eigenvalue weighted by Gasteiger charge is -2.09. The van der Waals surface area contributed by atoms with Gasteiger partial charge in [-0.15, -0.1) is 0 Å². The highest BCUT2D eigenvalue weighted by atomic mass is 19.2. The van der Waals surface area contributed by atoms with Gasteiger partial charge in [0.1, 0.15) is 5.82 Å². The molecule has 1 aromatic carbocycles. The number of halogens is 3. The first-order valence-corrected chi connectivity index (χ1v) is 5.51. The quantitative estimate of drug-likeness (QED) is 0.772. The van der Waals surface area contributed by atoms with Crippen LogP contribution in [-0.4, -0.2) is 17.1 Å². The van der Waals surface area contributed by atoms with E-state index in [0.717, 1.165) is 6.07 Å². The zero-order chi connectivity index (χ0) is 13.7. The van der Waals surface area contributed by atoms with Gasteiger partial charge in [-0.05, 0) is 30.9 Å². The Balaban J connectivity index is 2.49. The van der Waals surface area contributed by atoms with Crippen molar-refractivity contribution in [2.75, 3.05) is 0 Å². The summed E-state index contributed by atoms with van der Waals surface area (Å²) in [6, 6.07) is 0.797. The standard InChI is InChI=1S/C12H14F3NO2/c13-9-6-11(15)10(14)4-7(9)2-1-3-8(16)5-12(17)18/h4,6,8H,1-3,5,16H2,(H,17,18)/t8-/m1/s1. The van der Waals surface area contributed by atoms with Gasteiger partial charge in [0.25, 0.3) is 0 Å². The summed E-state index contributed by atoms with van der Waals surface area (Å²) >= 11 is 0. The summed E-state index contributed by atoms with van der Waals surface area (Å²) in [6.45, 7) is 0. The minimum absolute atomic E-state index is 0.0661. The molecule has 0 aliphatic rings. The van der Waals surface area contributed by atoms with Crippen LogP contribution in [0.25, 0.3) is 0 Å². The average Bonchev–Trinajstić information content (AvgIpc) is 2.24. The molecule has 0 saturated carbocycles. The third-order valence-corrected chi connectivity index (χ3v) is 2.55. The molecule has 1 rings (SSSR count). The van der Waals surface area contributed by atoms with Gasteiger partial charge in [-0.25, -0.2) is 13.2 Å². The number of hydrogen-bond donors (Lipinski definition) is 2. The van der Waals surface area contributed by atoms with E-state index in [1.54, 1.807) is 0 Å². The van der Waals surface area contributed by atoms with Gasteiger partial charge in [-0.3, -0.25) is 4.79 Å². The molecule has 18 heavy (non-hydrogen) atoms. The molecule has 3 N–H and O–H groups in total. The van der Waals surface area contributed by atoms with Gasteiger partial charge in [-0.1, -0.05) is 0 Å². The maximum absolute atomic E-state index is 13.2. The molecule has 0 bridgehead atoms.